The van der Waals surface area contributed by atoms with E-state index in [9.17, 15) is 4.79 Å². The summed E-state index contributed by atoms with van der Waals surface area (Å²) in [5.41, 5.74) is 0. The molecule has 0 aromatic rings. The minimum atomic E-state index is -0.833. The van der Waals surface area contributed by atoms with Crippen molar-refractivity contribution in [2.24, 2.45) is 0 Å². The van der Waals surface area contributed by atoms with Gasteiger partial charge in [-0.1, -0.05) is 0 Å². The van der Waals surface area contributed by atoms with E-state index in [4.69, 9.17) is 9.90 Å². The number of carbonyl (C=O) groups is 2. The van der Waals surface area contributed by atoms with Gasteiger partial charge in [0, 0.05) is 11.6 Å². The Bertz CT molecular complexity index is 69.3. The lowest BCUT2D eigenvalue weighted by Gasteiger charge is -1.59. The summed E-state index contributed by atoms with van der Waals surface area (Å²) in [6.45, 7) is 2.67. The van der Waals surface area contributed by atoms with Crippen molar-refractivity contribution in [3.05, 3.63) is 0 Å². The molecule has 0 aromatic carbocycles. The van der Waals surface area contributed by atoms with Crippen molar-refractivity contribution in [3.8, 4) is 0 Å². The van der Waals surface area contributed by atoms with Crippen LogP contribution in [0.3, 0.4) is 0 Å². The van der Waals surface area contributed by atoms with Gasteiger partial charge < -0.3 is 9.90 Å². The van der Waals surface area contributed by atoms with Crippen molar-refractivity contribution in [2.75, 3.05) is 0 Å². The van der Waals surface area contributed by atoms with Gasteiger partial charge in [-0.25, -0.2) is 0 Å². The first-order valence-electron chi connectivity index (χ1n) is 2.13. The number of hydrogen-bond acceptors (Lipinski definition) is 2. The normalized spacial score (nSPS) is 6.25. The number of carboxylic acid groups (broad SMARTS) is 1. The molecule has 4 heteroatoms. The fraction of sp³-hybridized carbons (Fsp3) is 0.500. The first kappa shape index (κ1) is 10.6. The lowest BCUT2D eigenvalue weighted by molar-refractivity contribution is -0.134. The van der Waals surface area contributed by atoms with E-state index in [2.05, 4.69) is 0 Å². The minimum Gasteiger partial charge on any atom is -0.481 e. The lowest BCUT2D eigenvalue weighted by atomic mass is 10.9. The van der Waals surface area contributed by atoms with Gasteiger partial charge >= 0.3 is 16.3 Å². The summed E-state index contributed by atoms with van der Waals surface area (Å²) in [6, 6.07) is 0. The zero-order valence-electron chi connectivity index (χ0n) is 5.26. The Morgan fingerprint density at radius 2 is 1.38 bits per heavy atom. The van der Waals surface area contributed by atoms with Crippen LogP contribution in [-0.4, -0.2) is 32.0 Å². The van der Waals surface area contributed by atoms with Gasteiger partial charge in [-0.3, -0.25) is 4.79 Å². The van der Waals surface area contributed by atoms with E-state index in [1.54, 1.807) is 6.92 Å². The molecule has 8 heavy (non-hydrogen) atoms. The standard InChI is InChI=1S/C2H4O2.C2H3O.Al.2H/c1-2(3)4;1-2-3;;;/h1H3,(H,3,4);1H3;;;. The van der Waals surface area contributed by atoms with Gasteiger partial charge in [-0.05, 0) is 6.92 Å². The second kappa shape index (κ2) is 6.67. The highest BCUT2D eigenvalue weighted by Gasteiger charge is 1.65. The maximum Gasteiger partial charge on any atom is 0.318 e. The Kier molecular flexibility index (Phi) is 8.85. The molecule has 0 fully saturated rings. The zero-order valence-corrected chi connectivity index (χ0v) is 7.26. The van der Waals surface area contributed by atoms with Crippen LogP contribution in [0.5, 0.6) is 0 Å². The highest BCUT2D eigenvalue weighted by molar-refractivity contribution is 6.56. The van der Waals surface area contributed by atoms with Crippen LogP contribution in [0.2, 0.25) is 0 Å². The summed E-state index contributed by atoms with van der Waals surface area (Å²) in [4.78, 5) is 18.5. The van der Waals surface area contributed by atoms with Crippen LogP contribution in [0.4, 0.5) is 0 Å². The molecule has 0 saturated heterocycles. The fourth-order valence-corrected chi connectivity index (χ4v) is 0. The quantitative estimate of drug-likeness (QED) is 0.441. The van der Waals surface area contributed by atoms with Gasteiger partial charge in [0.05, 0.1) is 0 Å². The molecule has 0 aliphatic carbocycles. The molecule has 0 spiro atoms. The number of hydrogen-bond donors (Lipinski definition) is 1. The average Bonchev–Trinajstić information content (AvgIpc) is 1.25. The zero-order chi connectivity index (χ0) is 7.15. The summed E-state index contributed by atoms with van der Waals surface area (Å²) >= 11 is 0.710. The SMILES string of the molecule is CC(=O)O.C[C](=O)[AlH2]. The molecule has 0 radical (unpaired) electrons. The van der Waals surface area contributed by atoms with Crippen molar-refractivity contribution >= 4 is 26.9 Å². The highest BCUT2D eigenvalue weighted by atomic mass is 27.0. The lowest BCUT2D eigenvalue weighted by Crippen LogP contribution is -1.80. The van der Waals surface area contributed by atoms with E-state index in [1.807, 2.05) is 0 Å². The van der Waals surface area contributed by atoms with E-state index in [0.29, 0.717) is 20.9 Å². The van der Waals surface area contributed by atoms with Gasteiger partial charge in [0.2, 0.25) is 0 Å². The molecule has 0 heterocycles. The van der Waals surface area contributed by atoms with Crippen LogP contribution in [0.15, 0.2) is 0 Å². The predicted molar refractivity (Wildman–Crippen MR) is 32.5 cm³/mol. The van der Waals surface area contributed by atoms with Gasteiger partial charge in [0.25, 0.3) is 5.97 Å². The van der Waals surface area contributed by atoms with Gasteiger partial charge in [-0.2, -0.15) is 0 Å². The number of carbonyl (C=O) groups excluding carboxylic acids is 1. The van der Waals surface area contributed by atoms with Crippen LogP contribution >= 0.6 is 0 Å². The van der Waals surface area contributed by atoms with E-state index in [-0.39, 0.29) is 0 Å². The van der Waals surface area contributed by atoms with Crippen LogP contribution in [-0.2, 0) is 9.59 Å². The maximum absolute atomic E-state index is 9.51. The first-order valence-corrected chi connectivity index (χ1v) is 3.13. The summed E-state index contributed by atoms with van der Waals surface area (Å²) in [5, 5.41) is 7.42. The van der Waals surface area contributed by atoms with E-state index >= 15 is 0 Å². The smallest absolute Gasteiger partial charge is 0.318 e. The fourth-order valence-electron chi connectivity index (χ4n) is 0. The van der Waals surface area contributed by atoms with Crippen LogP contribution < -0.4 is 0 Å². The Hall–Kier alpha value is -0.328. The van der Waals surface area contributed by atoms with Crippen LogP contribution in [0.1, 0.15) is 13.8 Å². The Labute approximate surface area is 56.1 Å². The third-order valence-electron chi connectivity index (χ3n) is 0. The second-order valence-electron chi connectivity index (χ2n) is 1.43. The third-order valence-corrected chi connectivity index (χ3v) is 0. The number of aliphatic carboxylic acids is 1. The van der Waals surface area contributed by atoms with Crippen molar-refractivity contribution in [3.63, 3.8) is 0 Å². The molecule has 46 valence electrons. The van der Waals surface area contributed by atoms with Gasteiger partial charge in [0.15, 0.2) is 0 Å². The largest absolute Gasteiger partial charge is 0.481 e. The van der Waals surface area contributed by atoms with Gasteiger partial charge in [0.1, 0.15) is 0 Å². The van der Waals surface area contributed by atoms with Crippen molar-refractivity contribution in [1.82, 2.24) is 0 Å². The highest BCUT2D eigenvalue weighted by Crippen LogP contribution is 1.42. The van der Waals surface area contributed by atoms with E-state index < -0.39 is 5.97 Å². The van der Waals surface area contributed by atoms with Crippen molar-refractivity contribution in [1.29, 1.82) is 0 Å². The number of rotatable bonds is 0. The minimum absolute atomic E-state index is 0.306. The molecule has 0 aliphatic rings. The molecule has 0 rings (SSSR count). The molecule has 0 atom stereocenters. The second-order valence-corrected chi connectivity index (χ2v) is 2.84. The molecule has 0 amide bonds. The topological polar surface area (TPSA) is 54.4 Å². The number of carboxylic acids is 1. The van der Waals surface area contributed by atoms with Gasteiger partial charge in [-0.15, -0.1) is 0 Å². The Balaban J connectivity index is 0. The molecule has 0 bridgehead atoms. The summed E-state index contributed by atoms with van der Waals surface area (Å²) < 4.78 is 0.306. The van der Waals surface area contributed by atoms with Crippen LogP contribution in [0.25, 0.3) is 0 Å². The third kappa shape index (κ3) is 1150. The maximum atomic E-state index is 9.51. The van der Waals surface area contributed by atoms with Crippen LogP contribution in [0, 0.1) is 0 Å². The molecule has 0 aliphatic heterocycles. The predicted octanol–water partition coefficient (Wildman–Crippen LogP) is -0.743. The molecule has 0 aromatic heterocycles. The Morgan fingerprint density at radius 1 is 1.38 bits per heavy atom. The summed E-state index contributed by atoms with van der Waals surface area (Å²) in [7, 11) is 0. The monoisotopic (exact) mass is 132 g/mol. The summed E-state index contributed by atoms with van der Waals surface area (Å²) in [5.74, 6) is -0.833. The first-order chi connectivity index (χ1) is 3.46. The average molecular weight is 132 g/mol. The molecular formula is C4H9AlO3. The Morgan fingerprint density at radius 3 is 1.38 bits per heavy atom. The van der Waals surface area contributed by atoms with Crippen molar-refractivity contribution in [2.45, 2.75) is 13.8 Å². The molecular weight excluding hydrogens is 123 g/mol. The van der Waals surface area contributed by atoms with E-state index in [1.165, 1.54) is 0 Å². The molecule has 3 nitrogen and oxygen atoms in total. The van der Waals surface area contributed by atoms with Crippen molar-refractivity contribution < 1.29 is 14.7 Å². The summed E-state index contributed by atoms with van der Waals surface area (Å²) in [6.07, 6.45) is 0. The molecule has 1 N–H and O–H groups in total. The molecule has 0 unspecified atom stereocenters. The van der Waals surface area contributed by atoms with E-state index in [0.717, 1.165) is 6.92 Å². The molecule has 0 saturated carbocycles.